The molecule has 1 aromatic heterocycles. The quantitative estimate of drug-likeness (QED) is 0.720. The number of nitrogens with two attached hydrogens (primary N) is 1. The number of amides is 3. The van der Waals surface area contributed by atoms with Gasteiger partial charge in [-0.2, -0.15) is 4.98 Å². The molecule has 1 atom stereocenters. The van der Waals surface area contributed by atoms with E-state index in [0.717, 1.165) is 38.8 Å². The second-order valence-electron chi connectivity index (χ2n) is 6.12. The highest BCUT2D eigenvalue weighted by atomic mass is 16.2. The molecular weight excluding hydrogens is 298 g/mol. The Morgan fingerprint density at radius 1 is 1.22 bits per heavy atom. The van der Waals surface area contributed by atoms with Gasteiger partial charge in [0, 0.05) is 26.2 Å². The maximum Gasteiger partial charge on any atom is 0.317 e. The first kappa shape index (κ1) is 15.6. The predicted molar refractivity (Wildman–Crippen MR) is 83.1 cm³/mol. The summed E-state index contributed by atoms with van der Waals surface area (Å²) in [5.41, 5.74) is 5.42. The first-order valence-corrected chi connectivity index (χ1v) is 8.12. The number of nitrogens with zero attached hydrogens (tertiary/aromatic N) is 4. The van der Waals surface area contributed by atoms with Crippen molar-refractivity contribution in [1.29, 1.82) is 0 Å². The average Bonchev–Trinajstić information content (AvgIpc) is 3.23. The molecule has 0 spiro atoms. The van der Waals surface area contributed by atoms with E-state index in [-0.39, 0.29) is 30.3 Å². The van der Waals surface area contributed by atoms with Crippen molar-refractivity contribution in [3.05, 3.63) is 5.82 Å². The van der Waals surface area contributed by atoms with Gasteiger partial charge in [0.15, 0.2) is 0 Å². The highest BCUT2D eigenvalue weighted by Gasteiger charge is 2.32. The highest BCUT2D eigenvalue weighted by molar-refractivity contribution is 5.81. The zero-order chi connectivity index (χ0) is 16.2. The lowest BCUT2D eigenvalue weighted by Gasteiger charge is -2.33. The normalized spacial score (nSPS) is 21.5. The van der Waals surface area contributed by atoms with E-state index in [1.165, 1.54) is 0 Å². The Bertz CT molecular complexity index is 567. The van der Waals surface area contributed by atoms with Crippen LogP contribution in [0.3, 0.4) is 0 Å². The molecule has 1 aromatic rings. The Labute approximate surface area is 134 Å². The first-order valence-electron chi connectivity index (χ1n) is 8.12. The van der Waals surface area contributed by atoms with E-state index in [1.807, 2.05) is 4.90 Å². The number of carbonyl (C=O) groups excluding carboxylic acids is 2. The molecule has 0 aromatic carbocycles. The number of aromatic nitrogens is 3. The summed E-state index contributed by atoms with van der Waals surface area (Å²) in [5.74, 6) is 0.789. The van der Waals surface area contributed by atoms with Crippen LogP contribution in [-0.2, 0) is 11.3 Å². The van der Waals surface area contributed by atoms with Gasteiger partial charge in [-0.3, -0.25) is 9.89 Å². The second-order valence-corrected chi connectivity index (χ2v) is 6.12. The monoisotopic (exact) mass is 321 g/mol. The molecule has 3 heterocycles. The average molecular weight is 321 g/mol. The smallest absolute Gasteiger partial charge is 0.317 e. The summed E-state index contributed by atoms with van der Waals surface area (Å²) in [7, 11) is 0. The SMILES string of the molecule is Nc1n[nH]c(CNC(=O)N2CCC[C@@H](C(=O)N3CCCC3)C2)n1. The summed E-state index contributed by atoms with van der Waals surface area (Å²) in [6.07, 6.45) is 3.89. The fraction of sp³-hybridized carbons (Fsp3) is 0.714. The van der Waals surface area contributed by atoms with Crippen molar-refractivity contribution in [3.8, 4) is 0 Å². The van der Waals surface area contributed by atoms with Gasteiger partial charge < -0.3 is 20.9 Å². The lowest BCUT2D eigenvalue weighted by molar-refractivity contribution is -0.135. The Balaban J connectivity index is 1.50. The van der Waals surface area contributed by atoms with Gasteiger partial charge in [-0.05, 0) is 25.7 Å². The van der Waals surface area contributed by atoms with Crippen LogP contribution in [0.4, 0.5) is 10.7 Å². The first-order chi connectivity index (χ1) is 11.1. The number of nitrogens with one attached hydrogen (secondary N) is 2. The fourth-order valence-electron chi connectivity index (χ4n) is 3.22. The molecule has 0 aliphatic carbocycles. The third kappa shape index (κ3) is 3.72. The number of rotatable bonds is 3. The number of nitrogen functional groups attached to an aromatic ring is 1. The number of piperidine rings is 1. The number of carbonyl (C=O) groups is 2. The number of aromatic amines is 1. The summed E-state index contributed by atoms with van der Waals surface area (Å²) >= 11 is 0. The zero-order valence-electron chi connectivity index (χ0n) is 13.1. The van der Waals surface area contributed by atoms with Crippen molar-refractivity contribution in [2.75, 3.05) is 31.9 Å². The van der Waals surface area contributed by atoms with Crippen molar-refractivity contribution in [2.24, 2.45) is 5.92 Å². The Morgan fingerprint density at radius 3 is 2.65 bits per heavy atom. The van der Waals surface area contributed by atoms with E-state index >= 15 is 0 Å². The van der Waals surface area contributed by atoms with Gasteiger partial charge in [0.2, 0.25) is 11.9 Å². The van der Waals surface area contributed by atoms with E-state index in [1.54, 1.807) is 4.90 Å². The fourth-order valence-corrected chi connectivity index (χ4v) is 3.22. The second kappa shape index (κ2) is 6.84. The molecule has 126 valence electrons. The van der Waals surface area contributed by atoms with Crippen molar-refractivity contribution >= 4 is 17.9 Å². The van der Waals surface area contributed by atoms with Gasteiger partial charge in [-0.15, -0.1) is 5.10 Å². The number of H-pyrrole nitrogens is 1. The van der Waals surface area contributed by atoms with Crippen LogP contribution in [0.1, 0.15) is 31.5 Å². The number of urea groups is 1. The number of hydrogen-bond acceptors (Lipinski definition) is 5. The van der Waals surface area contributed by atoms with Crippen molar-refractivity contribution in [1.82, 2.24) is 30.3 Å². The lowest BCUT2D eigenvalue weighted by Crippen LogP contribution is -2.49. The van der Waals surface area contributed by atoms with Gasteiger partial charge in [0.1, 0.15) is 5.82 Å². The van der Waals surface area contributed by atoms with E-state index in [2.05, 4.69) is 20.5 Å². The lowest BCUT2D eigenvalue weighted by atomic mass is 9.97. The van der Waals surface area contributed by atoms with Crippen LogP contribution in [0.15, 0.2) is 0 Å². The molecule has 3 rings (SSSR count). The molecule has 9 heteroatoms. The van der Waals surface area contributed by atoms with Crippen molar-refractivity contribution in [2.45, 2.75) is 32.2 Å². The van der Waals surface area contributed by atoms with Gasteiger partial charge in [-0.1, -0.05) is 0 Å². The summed E-state index contributed by atoms with van der Waals surface area (Å²) < 4.78 is 0. The maximum absolute atomic E-state index is 12.5. The van der Waals surface area contributed by atoms with Crippen LogP contribution in [0.25, 0.3) is 0 Å². The molecule has 0 unspecified atom stereocenters. The molecule has 2 aliphatic rings. The minimum absolute atomic E-state index is 0.0754. The molecule has 0 radical (unpaired) electrons. The molecule has 0 saturated carbocycles. The molecule has 9 nitrogen and oxygen atoms in total. The molecule has 23 heavy (non-hydrogen) atoms. The van der Waals surface area contributed by atoms with Crippen molar-refractivity contribution < 1.29 is 9.59 Å². The van der Waals surface area contributed by atoms with E-state index in [0.29, 0.717) is 18.9 Å². The number of hydrogen-bond donors (Lipinski definition) is 3. The van der Waals surface area contributed by atoms with Gasteiger partial charge in [0.25, 0.3) is 0 Å². The van der Waals surface area contributed by atoms with Gasteiger partial charge >= 0.3 is 6.03 Å². The van der Waals surface area contributed by atoms with E-state index < -0.39 is 0 Å². The Hall–Kier alpha value is -2.32. The molecule has 3 amide bonds. The topological polar surface area (TPSA) is 120 Å². The third-order valence-electron chi connectivity index (χ3n) is 4.43. The minimum atomic E-state index is -0.182. The molecule has 0 bridgehead atoms. The summed E-state index contributed by atoms with van der Waals surface area (Å²) in [6.45, 7) is 3.11. The van der Waals surface area contributed by atoms with E-state index in [9.17, 15) is 9.59 Å². The van der Waals surface area contributed by atoms with Crippen LogP contribution in [0.5, 0.6) is 0 Å². The molecule has 2 saturated heterocycles. The molecule has 4 N–H and O–H groups in total. The Kier molecular flexibility index (Phi) is 4.63. The number of likely N-dealkylation sites (tertiary alicyclic amines) is 2. The minimum Gasteiger partial charge on any atom is -0.367 e. The van der Waals surface area contributed by atoms with Crippen LogP contribution in [-0.4, -0.2) is 63.1 Å². The summed E-state index contributed by atoms with van der Waals surface area (Å²) in [6, 6.07) is -0.182. The van der Waals surface area contributed by atoms with E-state index in [4.69, 9.17) is 5.73 Å². The standard InChI is InChI=1S/C14H23N7O2/c15-13-17-11(18-19-13)8-16-14(23)21-7-3-4-10(9-21)12(22)20-5-1-2-6-20/h10H,1-9H2,(H,16,23)(H3,15,17,18,19)/t10-/m1/s1. The highest BCUT2D eigenvalue weighted by Crippen LogP contribution is 2.21. The van der Waals surface area contributed by atoms with Crippen LogP contribution < -0.4 is 11.1 Å². The molecule has 2 fully saturated rings. The Morgan fingerprint density at radius 2 is 1.96 bits per heavy atom. The molecule has 2 aliphatic heterocycles. The third-order valence-corrected chi connectivity index (χ3v) is 4.43. The zero-order valence-corrected chi connectivity index (χ0v) is 13.1. The van der Waals surface area contributed by atoms with Crippen LogP contribution >= 0.6 is 0 Å². The van der Waals surface area contributed by atoms with Gasteiger partial charge in [-0.25, -0.2) is 4.79 Å². The van der Waals surface area contributed by atoms with Crippen molar-refractivity contribution in [3.63, 3.8) is 0 Å². The largest absolute Gasteiger partial charge is 0.367 e. The molecular formula is C14H23N7O2. The number of anilines is 1. The predicted octanol–water partition coefficient (Wildman–Crippen LogP) is -0.0691. The van der Waals surface area contributed by atoms with Crippen LogP contribution in [0.2, 0.25) is 0 Å². The van der Waals surface area contributed by atoms with Gasteiger partial charge in [0.05, 0.1) is 12.5 Å². The summed E-state index contributed by atoms with van der Waals surface area (Å²) in [4.78, 5) is 32.3. The summed E-state index contributed by atoms with van der Waals surface area (Å²) in [5, 5.41) is 9.14. The van der Waals surface area contributed by atoms with Crippen LogP contribution in [0, 0.1) is 5.92 Å². The maximum atomic E-state index is 12.5.